The van der Waals surface area contributed by atoms with Crippen molar-refractivity contribution in [2.24, 2.45) is 0 Å². The lowest BCUT2D eigenvalue weighted by Gasteiger charge is -2.31. The van der Waals surface area contributed by atoms with Gasteiger partial charge in [-0.15, -0.1) is 0 Å². The van der Waals surface area contributed by atoms with E-state index >= 15 is 0 Å². The van der Waals surface area contributed by atoms with E-state index in [1.165, 1.54) is 6.07 Å². The Hall–Kier alpha value is -2.76. The molecule has 0 fully saturated rings. The summed E-state index contributed by atoms with van der Waals surface area (Å²) in [7, 11) is 0. The molecular weight excluding hydrogens is 393 g/mol. The number of hydrogen-bond donors (Lipinski definition) is 3. The Kier molecular flexibility index (Phi) is 4.30. The lowest BCUT2D eigenvalue weighted by atomic mass is 10.0. The van der Waals surface area contributed by atoms with Gasteiger partial charge in [-0.25, -0.2) is 4.98 Å². The zero-order chi connectivity index (χ0) is 21.1. The molecule has 4 rings (SSSR count). The zero-order valence-electron chi connectivity index (χ0n) is 15.2. The number of alkyl halides is 3. The maximum atomic E-state index is 13.0. The van der Waals surface area contributed by atoms with Gasteiger partial charge in [0.1, 0.15) is 5.82 Å². The molecular formula is C18H17F3N4O4. The van der Waals surface area contributed by atoms with Crippen molar-refractivity contribution < 1.29 is 33.3 Å². The average Bonchev–Trinajstić information content (AvgIpc) is 2.95. The molecule has 0 radical (unpaired) electrons. The molecule has 29 heavy (non-hydrogen) atoms. The Morgan fingerprint density at radius 1 is 1.10 bits per heavy atom. The minimum absolute atomic E-state index is 0.131. The first-order valence-corrected chi connectivity index (χ1v) is 8.74. The van der Waals surface area contributed by atoms with Crippen LogP contribution < -0.4 is 4.90 Å². The van der Waals surface area contributed by atoms with Crippen molar-refractivity contribution in [3.8, 4) is 0 Å². The summed E-state index contributed by atoms with van der Waals surface area (Å²) in [5.74, 6) is -0.307. The first-order valence-electron chi connectivity index (χ1n) is 8.74. The number of rotatable bonds is 2. The highest BCUT2D eigenvalue weighted by molar-refractivity contribution is 5.98. The lowest BCUT2D eigenvalue weighted by Crippen LogP contribution is -2.48. The Morgan fingerprint density at radius 3 is 2.48 bits per heavy atom. The van der Waals surface area contributed by atoms with Crippen LogP contribution in [0.1, 0.15) is 38.4 Å². The molecule has 11 heteroatoms. The van der Waals surface area contributed by atoms with Crippen LogP contribution in [-0.4, -0.2) is 48.7 Å². The Morgan fingerprint density at radius 2 is 1.83 bits per heavy atom. The van der Waals surface area contributed by atoms with E-state index in [9.17, 15) is 33.3 Å². The number of aryl methyl sites for hydroxylation is 1. The third-order valence-electron chi connectivity index (χ3n) is 5.08. The van der Waals surface area contributed by atoms with Gasteiger partial charge in [-0.2, -0.15) is 13.2 Å². The van der Waals surface area contributed by atoms with Crippen molar-refractivity contribution >= 4 is 11.7 Å². The minimum atomic E-state index is -4.48. The zero-order valence-corrected chi connectivity index (χ0v) is 15.2. The molecule has 2 aliphatic heterocycles. The van der Waals surface area contributed by atoms with Crippen molar-refractivity contribution in [1.29, 1.82) is 0 Å². The quantitative estimate of drug-likeness (QED) is 0.632. The van der Waals surface area contributed by atoms with Gasteiger partial charge in [-0.3, -0.25) is 14.7 Å². The molecule has 2 aromatic rings. The molecule has 0 saturated heterocycles. The smallest absolute Gasteiger partial charge is 0.352 e. The maximum Gasteiger partial charge on any atom is 0.417 e. The van der Waals surface area contributed by atoms with Gasteiger partial charge in [-0.1, -0.05) is 0 Å². The summed E-state index contributed by atoms with van der Waals surface area (Å²) in [6.45, 7) is 2.03. The molecule has 2 aliphatic rings. The number of hydrogen-bond acceptors (Lipinski definition) is 7. The topological polar surface area (TPSA) is 110 Å². The second-order valence-electron chi connectivity index (χ2n) is 7.11. The highest BCUT2D eigenvalue weighted by Crippen LogP contribution is 2.34. The largest absolute Gasteiger partial charge is 0.417 e. The third-order valence-corrected chi connectivity index (χ3v) is 5.08. The molecule has 154 valence electrons. The lowest BCUT2D eigenvalue weighted by molar-refractivity contribution is -0.379. The standard InChI is InChI=1S/C18H17F3N4O4/c1-9-4-12-14(8-25(16(12)26)18(27,28)29)23-15(9)24-3-2-13-10(7-24)5-11(6-22-13)17(19,20)21/h4-6,27-29H,2-3,7-8H2,1H3. The number of aliphatic hydroxyl groups is 3. The highest BCUT2D eigenvalue weighted by Gasteiger charge is 2.42. The summed E-state index contributed by atoms with van der Waals surface area (Å²) in [5.41, 5.74) is 1.20. The molecule has 0 aromatic carbocycles. The minimum Gasteiger partial charge on any atom is -0.352 e. The van der Waals surface area contributed by atoms with Gasteiger partial charge in [0, 0.05) is 31.4 Å². The number of pyridine rings is 2. The fraction of sp³-hybridized carbons (Fsp3) is 0.389. The number of carbonyl (C=O) groups is 1. The van der Waals surface area contributed by atoms with E-state index in [1.807, 2.05) is 0 Å². The van der Waals surface area contributed by atoms with Crippen LogP contribution in [-0.2, 0) is 25.7 Å². The first kappa shape index (κ1) is 19.6. The van der Waals surface area contributed by atoms with Crippen molar-refractivity contribution in [1.82, 2.24) is 14.9 Å². The number of anilines is 1. The van der Waals surface area contributed by atoms with Crippen LogP contribution in [0, 0.1) is 6.92 Å². The molecule has 4 heterocycles. The van der Waals surface area contributed by atoms with Gasteiger partial charge >= 0.3 is 12.3 Å². The molecule has 0 aliphatic carbocycles. The number of carbonyl (C=O) groups excluding carboxylic acids is 1. The summed E-state index contributed by atoms with van der Waals surface area (Å²) in [6, 6.07) is 2.60. The summed E-state index contributed by atoms with van der Waals surface area (Å²) >= 11 is 0. The molecule has 1 amide bonds. The van der Waals surface area contributed by atoms with Crippen LogP contribution in [0.5, 0.6) is 0 Å². The molecule has 2 aromatic heterocycles. The third kappa shape index (κ3) is 3.41. The predicted octanol–water partition coefficient (Wildman–Crippen LogP) is 0.911. The number of halogens is 3. The van der Waals surface area contributed by atoms with E-state index in [-0.39, 0.29) is 24.3 Å². The molecule has 8 nitrogen and oxygen atoms in total. The fourth-order valence-corrected chi connectivity index (χ4v) is 3.64. The SMILES string of the molecule is Cc1cc2c(nc1N1CCc3ncc(C(F)(F)F)cc3C1)CN(C(O)(O)O)C2=O. The maximum absolute atomic E-state index is 13.0. The number of aromatic nitrogens is 2. The summed E-state index contributed by atoms with van der Waals surface area (Å²) in [4.78, 5) is 22.9. The van der Waals surface area contributed by atoms with E-state index in [2.05, 4.69) is 9.97 Å². The number of amides is 1. The van der Waals surface area contributed by atoms with E-state index in [1.54, 1.807) is 11.8 Å². The average molecular weight is 410 g/mol. The monoisotopic (exact) mass is 410 g/mol. The molecule has 0 atom stereocenters. The number of nitrogens with zero attached hydrogens (tertiary/aromatic N) is 4. The molecule has 0 bridgehead atoms. The second-order valence-corrected chi connectivity index (χ2v) is 7.11. The molecule has 0 unspecified atom stereocenters. The van der Waals surface area contributed by atoms with Gasteiger partial charge in [-0.05, 0) is 30.2 Å². The van der Waals surface area contributed by atoms with E-state index in [0.29, 0.717) is 40.5 Å². The predicted molar refractivity (Wildman–Crippen MR) is 92.2 cm³/mol. The van der Waals surface area contributed by atoms with E-state index in [0.717, 1.165) is 12.3 Å². The molecule has 3 N–H and O–H groups in total. The van der Waals surface area contributed by atoms with Crippen molar-refractivity contribution in [3.63, 3.8) is 0 Å². The molecule has 0 spiro atoms. The Balaban J connectivity index is 1.66. The van der Waals surface area contributed by atoms with Crippen LogP contribution >= 0.6 is 0 Å². The van der Waals surface area contributed by atoms with Gasteiger partial charge < -0.3 is 20.2 Å². The number of fused-ring (bicyclic) bond motifs is 2. The van der Waals surface area contributed by atoms with E-state index < -0.39 is 23.7 Å². The Labute approximate surface area is 162 Å². The van der Waals surface area contributed by atoms with Crippen molar-refractivity contribution in [2.75, 3.05) is 11.4 Å². The molecule has 0 saturated carbocycles. The summed E-state index contributed by atoms with van der Waals surface area (Å²) in [5, 5.41) is 28.0. The summed E-state index contributed by atoms with van der Waals surface area (Å²) < 4.78 is 39.0. The highest BCUT2D eigenvalue weighted by atomic mass is 19.4. The van der Waals surface area contributed by atoms with Crippen LogP contribution in [0.3, 0.4) is 0 Å². The van der Waals surface area contributed by atoms with E-state index in [4.69, 9.17) is 0 Å². The van der Waals surface area contributed by atoms with Crippen molar-refractivity contribution in [3.05, 3.63) is 52.0 Å². The normalized spacial score (nSPS) is 16.9. The Bertz CT molecular complexity index is 1000. The van der Waals surface area contributed by atoms with Crippen LogP contribution in [0.4, 0.5) is 19.0 Å². The fourth-order valence-electron chi connectivity index (χ4n) is 3.64. The second kappa shape index (κ2) is 6.37. The van der Waals surface area contributed by atoms with Gasteiger partial charge in [0.05, 0.1) is 23.4 Å². The van der Waals surface area contributed by atoms with Crippen LogP contribution in [0.15, 0.2) is 18.3 Å². The van der Waals surface area contributed by atoms with Gasteiger partial charge in [0.25, 0.3) is 5.91 Å². The first-order chi connectivity index (χ1) is 13.4. The van der Waals surface area contributed by atoms with Gasteiger partial charge in [0.2, 0.25) is 0 Å². The van der Waals surface area contributed by atoms with Crippen molar-refractivity contribution in [2.45, 2.75) is 38.7 Å². The van der Waals surface area contributed by atoms with Crippen LogP contribution in [0.25, 0.3) is 0 Å². The van der Waals surface area contributed by atoms with Gasteiger partial charge in [0.15, 0.2) is 0 Å². The summed E-state index contributed by atoms with van der Waals surface area (Å²) in [6.07, 6.45) is -6.53. The van der Waals surface area contributed by atoms with Crippen LogP contribution in [0.2, 0.25) is 0 Å².